The zero-order valence-electron chi connectivity index (χ0n) is 16.0. The molecule has 0 aliphatic carbocycles. The van der Waals surface area contributed by atoms with Crippen LogP contribution in [0.4, 0.5) is 0 Å². The van der Waals surface area contributed by atoms with Crippen LogP contribution < -0.4 is 9.47 Å². The summed E-state index contributed by atoms with van der Waals surface area (Å²) in [5.74, 6) is 2.62. The summed E-state index contributed by atoms with van der Waals surface area (Å²) >= 11 is 5.77. The number of rotatable bonds is 4. The second-order valence-corrected chi connectivity index (χ2v) is 10.8. The van der Waals surface area contributed by atoms with Gasteiger partial charge in [0.15, 0.2) is 11.5 Å². The summed E-state index contributed by atoms with van der Waals surface area (Å²) in [6, 6.07) is 4.59. The molecule has 154 valence electrons. The van der Waals surface area contributed by atoms with E-state index in [1.807, 2.05) is 4.31 Å². The fraction of sp³-hybridized carbons (Fsp3) is 0.700. The highest BCUT2D eigenvalue weighted by Gasteiger charge is 2.46. The number of ether oxygens (including phenoxy) is 2. The minimum atomic E-state index is -3.25. The first-order chi connectivity index (χ1) is 13.6. The Bertz CT molecular complexity index is 862. The van der Waals surface area contributed by atoms with Crippen molar-refractivity contribution in [3.8, 4) is 11.5 Å². The summed E-state index contributed by atoms with van der Waals surface area (Å²) in [6.45, 7) is 2.93. The van der Waals surface area contributed by atoms with E-state index in [1.165, 1.54) is 11.1 Å². The summed E-state index contributed by atoms with van der Waals surface area (Å²) in [5.41, 5.74) is 2.61. The molecule has 4 heterocycles. The predicted molar refractivity (Wildman–Crippen MR) is 108 cm³/mol. The Balaban J connectivity index is 1.45. The lowest BCUT2D eigenvalue weighted by atomic mass is 9.77. The third-order valence-electron chi connectivity index (χ3n) is 6.80. The van der Waals surface area contributed by atoms with E-state index >= 15 is 0 Å². The Morgan fingerprint density at radius 3 is 2.82 bits per heavy atom. The number of nitrogens with zero attached hydrogens (tertiary/aromatic N) is 2. The number of hydrogen-bond acceptors (Lipinski definition) is 5. The van der Waals surface area contributed by atoms with Crippen LogP contribution >= 0.6 is 11.6 Å². The van der Waals surface area contributed by atoms with E-state index in [2.05, 4.69) is 17.0 Å². The number of halogens is 1. The van der Waals surface area contributed by atoms with E-state index in [4.69, 9.17) is 21.1 Å². The molecule has 5 rings (SSSR count). The van der Waals surface area contributed by atoms with Crippen molar-refractivity contribution in [1.29, 1.82) is 0 Å². The highest BCUT2D eigenvalue weighted by atomic mass is 35.5. The van der Waals surface area contributed by atoms with Crippen LogP contribution in [-0.4, -0.2) is 61.7 Å². The maximum atomic E-state index is 13.0. The third kappa shape index (κ3) is 3.20. The van der Waals surface area contributed by atoms with Gasteiger partial charge in [0.05, 0.1) is 5.75 Å². The van der Waals surface area contributed by atoms with Gasteiger partial charge in [-0.3, -0.25) is 4.90 Å². The quantitative estimate of drug-likeness (QED) is 0.693. The van der Waals surface area contributed by atoms with Crippen molar-refractivity contribution in [3.05, 3.63) is 23.3 Å². The van der Waals surface area contributed by atoms with Crippen molar-refractivity contribution in [1.82, 2.24) is 9.21 Å². The van der Waals surface area contributed by atoms with Crippen molar-refractivity contribution in [2.45, 2.75) is 44.2 Å². The first kappa shape index (κ1) is 19.0. The van der Waals surface area contributed by atoms with Gasteiger partial charge in [0.2, 0.25) is 16.8 Å². The van der Waals surface area contributed by atoms with E-state index in [9.17, 15) is 8.42 Å². The van der Waals surface area contributed by atoms with Crippen LogP contribution in [0, 0.1) is 5.92 Å². The molecule has 2 saturated heterocycles. The van der Waals surface area contributed by atoms with Crippen LogP contribution in [0.15, 0.2) is 12.1 Å². The summed E-state index contributed by atoms with van der Waals surface area (Å²) in [7, 11) is -3.25. The van der Waals surface area contributed by atoms with Gasteiger partial charge in [0, 0.05) is 37.6 Å². The van der Waals surface area contributed by atoms with Crippen LogP contribution in [0.25, 0.3) is 0 Å². The lowest BCUT2D eigenvalue weighted by Crippen LogP contribution is -2.57. The molecule has 0 aromatic heterocycles. The molecule has 28 heavy (non-hydrogen) atoms. The van der Waals surface area contributed by atoms with E-state index in [0.29, 0.717) is 24.8 Å². The van der Waals surface area contributed by atoms with Crippen molar-refractivity contribution in [2.75, 3.05) is 38.1 Å². The molecule has 0 spiro atoms. The Hall–Kier alpha value is -1.02. The van der Waals surface area contributed by atoms with Crippen LogP contribution in [0.2, 0.25) is 0 Å². The van der Waals surface area contributed by atoms with Gasteiger partial charge >= 0.3 is 0 Å². The van der Waals surface area contributed by atoms with Crippen molar-refractivity contribution < 1.29 is 17.9 Å². The number of sulfonamides is 1. The molecule has 1 aromatic rings. The second kappa shape index (κ2) is 7.35. The maximum Gasteiger partial charge on any atom is 0.231 e. The zero-order chi connectivity index (χ0) is 19.3. The normalized spacial score (nSPS) is 29.8. The number of hydrogen-bond donors (Lipinski definition) is 0. The van der Waals surface area contributed by atoms with E-state index in [1.54, 1.807) is 0 Å². The highest BCUT2D eigenvalue weighted by molar-refractivity contribution is 7.89. The molecule has 2 fully saturated rings. The van der Waals surface area contributed by atoms with E-state index in [-0.39, 0.29) is 24.6 Å². The van der Waals surface area contributed by atoms with Gasteiger partial charge in [-0.2, -0.15) is 4.31 Å². The number of piperidine rings is 2. The molecule has 0 bridgehead atoms. The largest absolute Gasteiger partial charge is 0.454 e. The first-order valence-electron chi connectivity index (χ1n) is 10.3. The molecule has 0 unspecified atom stereocenters. The lowest BCUT2D eigenvalue weighted by molar-refractivity contribution is 0.0219. The smallest absolute Gasteiger partial charge is 0.231 e. The van der Waals surface area contributed by atoms with Crippen LogP contribution in [0.5, 0.6) is 11.5 Å². The first-order valence-corrected chi connectivity index (χ1v) is 12.4. The molecule has 0 N–H and O–H groups in total. The van der Waals surface area contributed by atoms with Crippen LogP contribution in [0.3, 0.4) is 0 Å². The minimum Gasteiger partial charge on any atom is -0.454 e. The predicted octanol–water partition coefficient (Wildman–Crippen LogP) is 2.76. The fourth-order valence-electron chi connectivity index (χ4n) is 5.49. The standard InChI is InChI=1S/C20H27ClN2O4S/c21-5-2-8-28(24,25)23-6-1-3-15-12-22-7-4-14-9-19-20(27-13-26-19)10-16(14)18(22)11-17(15)23/h9-10,15,17-18H,1-8,11-13H2/t15-,17+,18-/m0/s1. The zero-order valence-corrected chi connectivity index (χ0v) is 17.6. The Morgan fingerprint density at radius 2 is 2.00 bits per heavy atom. The van der Waals surface area contributed by atoms with E-state index in [0.717, 1.165) is 50.3 Å². The van der Waals surface area contributed by atoms with E-state index < -0.39 is 10.0 Å². The average Bonchev–Trinajstić information content (AvgIpc) is 3.16. The molecule has 6 nitrogen and oxygen atoms in total. The Kier molecular flexibility index (Phi) is 4.98. The Morgan fingerprint density at radius 1 is 1.18 bits per heavy atom. The number of alkyl halides is 1. The molecule has 3 atom stereocenters. The molecule has 4 aliphatic heterocycles. The molecule has 0 saturated carbocycles. The lowest BCUT2D eigenvalue weighted by Gasteiger charge is -2.51. The van der Waals surface area contributed by atoms with Crippen molar-refractivity contribution >= 4 is 21.6 Å². The molecule has 0 amide bonds. The topological polar surface area (TPSA) is 59.1 Å². The third-order valence-corrected chi connectivity index (χ3v) is 9.04. The van der Waals surface area contributed by atoms with Gasteiger partial charge in [-0.25, -0.2) is 8.42 Å². The van der Waals surface area contributed by atoms with Crippen molar-refractivity contribution in [2.24, 2.45) is 5.92 Å². The molecule has 8 heteroatoms. The molecular weight excluding hydrogens is 400 g/mol. The van der Waals surface area contributed by atoms with Gasteiger partial charge in [-0.05, 0) is 61.3 Å². The maximum absolute atomic E-state index is 13.0. The molecule has 0 radical (unpaired) electrons. The summed E-state index contributed by atoms with van der Waals surface area (Å²) < 4.78 is 38.9. The SMILES string of the molecule is O=S(=O)(CCCCl)N1CCC[C@H]2CN3CCc4cc5c(cc4[C@@H]3C[C@H]21)OCO5. The number of fused-ring (bicyclic) bond motifs is 5. The number of benzene rings is 1. The molecule has 1 aromatic carbocycles. The monoisotopic (exact) mass is 426 g/mol. The van der Waals surface area contributed by atoms with Gasteiger partial charge in [-0.1, -0.05) is 0 Å². The summed E-state index contributed by atoms with van der Waals surface area (Å²) in [4.78, 5) is 2.56. The second-order valence-electron chi connectivity index (χ2n) is 8.34. The average molecular weight is 427 g/mol. The van der Waals surface area contributed by atoms with Gasteiger partial charge in [0.1, 0.15) is 0 Å². The Labute approximate surface area is 171 Å². The minimum absolute atomic E-state index is 0.0895. The molecular formula is C20H27ClN2O4S. The van der Waals surface area contributed by atoms with Crippen LogP contribution in [-0.2, 0) is 16.4 Å². The summed E-state index contributed by atoms with van der Waals surface area (Å²) in [6.07, 6.45) is 4.45. The highest BCUT2D eigenvalue weighted by Crippen LogP contribution is 2.46. The van der Waals surface area contributed by atoms with Crippen LogP contribution in [0.1, 0.15) is 42.9 Å². The fourth-order valence-corrected chi connectivity index (χ4v) is 7.61. The summed E-state index contributed by atoms with van der Waals surface area (Å²) in [5, 5.41) is 0. The van der Waals surface area contributed by atoms with Crippen molar-refractivity contribution in [3.63, 3.8) is 0 Å². The van der Waals surface area contributed by atoms with Gasteiger partial charge < -0.3 is 9.47 Å². The van der Waals surface area contributed by atoms with Gasteiger partial charge in [-0.15, -0.1) is 11.6 Å². The molecule has 4 aliphatic rings. The van der Waals surface area contributed by atoms with Gasteiger partial charge in [0.25, 0.3) is 0 Å².